The average molecular weight is 361 g/mol. The summed E-state index contributed by atoms with van der Waals surface area (Å²) in [5.74, 6) is 1.16. The summed E-state index contributed by atoms with van der Waals surface area (Å²) in [4.78, 5) is 11.1. The van der Waals surface area contributed by atoms with E-state index in [1.54, 1.807) is 37.7 Å². The van der Waals surface area contributed by atoms with Crippen LogP contribution in [0.3, 0.4) is 0 Å². The smallest absolute Gasteiger partial charge is 0.173 e. The molecule has 2 heterocycles. The molecule has 0 saturated heterocycles. The highest BCUT2D eigenvalue weighted by Gasteiger charge is 2.18. The zero-order valence-electron chi connectivity index (χ0n) is 14.6. The Balaban J connectivity index is 2.11. The highest BCUT2D eigenvalue weighted by Crippen LogP contribution is 2.40. The minimum atomic E-state index is -0.376. The van der Waals surface area contributed by atoms with Crippen molar-refractivity contribution in [2.24, 2.45) is 0 Å². The van der Waals surface area contributed by atoms with Crippen LogP contribution in [0.1, 0.15) is 10.7 Å². The van der Waals surface area contributed by atoms with Crippen LogP contribution < -0.4 is 5.32 Å². The first-order valence-electron chi connectivity index (χ1n) is 7.86. The van der Waals surface area contributed by atoms with E-state index in [9.17, 15) is 4.39 Å². The molecule has 2 aromatic heterocycles. The molecule has 0 unspecified atom stereocenters. The number of ether oxygens (including phenoxy) is 2. The number of anilines is 1. The van der Waals surface area contributed by atoms with Crippen LogP contribution in [-0.4, -0.2) is 37.0 Å². The second-order valence-electron chi connectivity index (χ2n) is 5.62. The Morgan fingerprint density at radius 3 is 2.44 bits per heavy atom. The number of halogens is 1. The number of aromatic nitrogens is 2. The zero-order chi connectivity index (χ0) is 18.0. The summed E-state index contributed by atoms with van der Waals surface area (Å²) < 4.78 is 23.8. The number of hydrogen-bond acceptors (Lipinski definition) is 6. The van der Waals surface area contributed by atoms with Crippen LogP contribution >= 0.6 is 11.3 Å². The molecule has 0 radical (unpaired) electrons. The summed E-state index contributed by atoms with van der Waals surface area (Å²) in [6.45, 7) is 4.36. The fourth-order valence-corrected chi connectivity index (χ4v) is 3.84. The standard InChI is InChI=1S/C18H20FN3O2S/c1-10-15(12-5-7-13(19)8-6-12)16-17(20-9-14(23-3)24-4)21-11(2)22-18(16)25-10/h5-8,14H,9H2,1-4H3,(H,20,21,22). The summed E-state index contributed by atoms with van der Waals surface area (Å²) in [6.07, 6.45) is -0.376. The van der Waals surface area contributed by atoms with Gasteiger partial charge < -0.3 is 14.8 Å². The number of methoxy groups -OCH3 is 2. The average Bonchev–Trinajstić information content (AvgIpc) is 2.92. The number of nitrogens with one attached hydrogen (secondary N) is 1. The van der Waals surface area contributed by atoms with Crippen molar-refractivity contribution in [2.75, 3.05) is 26.1 Å². The van der Waals surface area contributed by atoms with Crippen molar-refractivity contribution in [3.05, 3.63) is 40.8 Å². The molecular formula is C18H20FN3O2S. The van der Waals surface area contributed by atoms with E-state index < -0.39 is 0 Å². The van der Waals surface area contributed by atoms with Crippen molar-refractivity contribution in [1.82, 2.24) is 9.97 Å². The molecule has 0 spiro atoms. The van der Waals surface area contributed by atoms with Crippen molar-refractivity contribution < 1.29 is 13.9 Å². The Kier molecular flexibility index (Phi) is 5.27. The predicted octanol–water partition coefficient (Wildman–Crippen LogP) is 4.15. The second kappa shape index (κ2) is 7.43. The third-order valence-electron chi connectivity index (χ3n) is 3.93. The van der Waals surface area contributed by atoms with E-state index in [1.165, 1.54) is 12.1 Å². The summed E-state index contributed by atoms with van der Waals surface area (Å²) in [5.41, 5.74) is 1.96. The molecule has 0 bridgehead atoms. The van der Waals surface area contributed by atoms with Gasteiger partial charge in [-0.3, -0.25) is 0 Å². The normalized spacial score (nSPS) is 11.4. The zero-order valence-corrected chi connectivity index (χ0v) is 15.4. The third-order valence-corrected chi connectivity index (χ3v) is 4.93. The lowest BCUT2D eigenvalue weighted by molar-refractivity contribution is -0.0914. The fourth-order valence-electron chi connectivity index (χ4n) is 2.75. The number of fused-ring (bicyclic) bond motifs is 1. The first kappa shape index (κ1) is 17.7. The van der Waals surface area contributed by atoms with Gasteiger partial charge in [-0.1, -0.05) is 12.1 Å². The van der Waals surface area contributed by atoms with E-state index in [4.69, 9.17) is 9.47 Å². The fraction of sp³-hybridized carbons (Fsp3) is 0.333. The van der Waals surface area contributed by atoms with Gasteiger partial charge in [-0.15, -0.1) is 11.3 Å². The highest BCUT2D eigenvalue weighted by molar-refractivity contribution is 7.19. The quantitative estimate of drug-likeness (QED) is 0.669. The van der Waals surface area contributed by atoms with Crippen molar-refractivity contribution in [2.45, 2.75) is 20.1 Å². The first-order valence-corrected chi connectivity index (χ1v) is 8.68. The lowest BCUT2D eigenvalue weighted by atomic mass is 10.0. The first-order chi connectivity index (χ1) is 12.0. The molecular weight excluding hydrogens is 341 g/mol. The van der Waals surface area contributed by atoms with Crippen molar-refractivity contribution in [3.8, 4) is 11.1 Å². The van der Waals surface area contributed by atoms with Crippen LogP contribution in [0.2, 0.25) is 0 Å². The van der Waals surface area contributed by atoms with Crippen LogP contribution in [0.15, 0.2) is 24.3 Å². The number of benzene rings is 1. The Morgan fingerprint density at radius 1 is 1.12 bits per heavy atom. The minimum Gasteiger partial charge on any atom is -0.364 e. The van der Waals surface area contributed by atoms with Crippen LogP contribution in [-0.2, 0) is 9.47 Å². The Bertz CT molecular complexity index is 876. The summed E-state index contributed by atoms with van der Waals surface area (Å²) >= 11 is 1.60. The molecule has 0 fully saturated rings. The predicted molar refractivity (Wildman–Crippen MR) is 98.6 cm³/mol. The molecule has 0 amide bonds. The molecule has 3 aromatic rings. The maximum absolute atomic E-state index is 13.3. The Hall–Kier alpha value is -2.09. The molecule has 0 aliphatic rings. The van der Waals surface area contributed by atoms with E-state index in [0.717, 1.165) is 32.0 Å². The largest absolute Gasteiger partial charge is 0.364 e. The molecule has 0 aliphatic heterocycles. The van der Waals surface area contributed by atoms with Crippen molar-refractivity contribution >= 4 is 27.4 Å². The molecule has 25 heavy (non-hydrogen) atoms. The van der Waals surface area contributed by atoms with Gasteiger partial charge in [0.2, 0.25) is 0 Å². The van der Waals surface area contributed by atoms with Gasteiger partial charge in [-0.2, -0.15) is 0 Å². The lowest BCUT2D eigenvalue weighted by Crippen LogP contribution is -2.24. The Morgan fingerprint density at radius 2 is 1.80 bits per heavy atom. The summed E-state index contributed by atoms with van der Waals surface area (Å²) in [6, 6.07) is 6.49. The number of hydrogen-bond donors (Lipinski definition) is 1. The van der Waals surface area contributed by atoms with Crippen LogP contribution in [0.4, 0.5) is 10.2 Å². The highest BCUT2D eigenvalue weighted by atomic mass is 32.1. The maximum atomic E-state index is 13.3. The van der Waals surface area contributed by atoms with Crippen LogP contribution in [0.25, 0.3) is 21.3 Å². The van der Waals surface area contributed by atoms with Crippen LogP contribution in [0, 0.1) is 19.7 Å². The van der Waals surface area contributed by atoms with Crippen LogP contribution in [0.5, 0.6) is 0 Å². The van der Waals surface area contributed by atoms with Gasteiger partial charge in [0.15, 0.2) is 6.29 Å². The van der Waals surface area contributed by atoms with Crippen molar-refractivity contribution in [1.29, 1.82) is 0 Å². The van der Waals surface area contributed by atoms with E-state index in [0.29, 0.717) is 12.4 Å². The molecule has 0 atom stereocenters. The minimum absolute atomic E-state index is 0.255. The summed E-state index contributed by atoms with van der Waals surface area (Å²) in [5, 5.41) is 4.23. The van der Waals surface area contributed by atoms with E-state index in [-0.39, 0.29) is 12.1 Å². The monoisotopic (exact) mass is 361 g/mol. The molecule has 0 aliphatic carbocycles. The van der Waals surface area contributed by atoms with Gasteiger partial charge in [0.1, 0.15) is 22.3 Å². The van der Waals surface area contributed by atoms with E-state index >= 15 is 0 Å². The van der Waals surface area contributed by atoms with Gasteiger partial charge in [0, 0.05) is 24.7 Å². The van der Waals surface area contributed by atoms with Gasteiger partial charge >= 0.3 is 0 Å². The van der Waals surface area contributed by atoms with E-state index in [2.05, 4.69) is 15.3 Å². The van der Waals surface area contributed by atoms with Gasteiger partial charge in [-0.05, 0) is 31.5 Å². The second-order valence-corrected chi connectivity index (χ2v) is 6.82. The maximum Gasteiger partial charge on any atom is 0.173 e. The number of thiophene rings is 1. The molecule has 5 nitrogen and oxygen atoms in total. The summed E-state index contributed by atoms with van der Waals surface area (Å²) in [7, 11) is 3.19. The van der Waals surface area contributed by atoms with Gasteiger partial charge in [0.05, 0.1) is 11.9 Å². The molecule has 7 heteroatoms. The van der Waals surface area contributed by atoms with E-state index in [1.807, 2.05) is 13.8 Å². The third kappa shape index (κ3) is 3.63. The number of rotatable bonds is 6. The van der Waals surface area contributed by atoms with Gasteiger partial charge in [-0.25, -0.2) is 14.4 Å². The topological polar surface area (TPSA) is 56.3 Å². The Labute approximate surface area is 149 Å². The number of nitrogens with zero attached hydrogens (tertiary/aromatic N) is 2. The molecule has 132 valence electrons. The molecule has 1 aromatic carbocycles. The van der Waals surface area contributed by atoms with Gasteiger partial charge in [0.25, 0.3) is 0 Å². The number of aryl methyl sites for hydroxylation is 2. The molecule has 0 saturated carbocycles. The van der Waals surface area contributed by atoms with Crippen molar-refractivity contribution in [3.63, 3.8) is 0 Å². The lowest BCUT2D eigenvalue weighted by Gasteiger charge is -2.15. The molecule has 3 rings (SSSR count). The molecule has 1 N–H and O–H groups in total. The SMILES string of the molecule is COC(CNc1nc(C)nc2sc(C)c(-c3ccc(F)cc3)c12)OC.